The van der Waals surface area contributed by atoms with Crippen LogP contribution in [-0.2, 0) is 9.53 Å². The summed E-state index contributed by atoms with van der Waals surface area (Å²) in [4.78, 5) is 24.9. The molecule has 0 saturated heterocycles. The van der Waals surface area contributed by atoms with Crippen molar-refractivity contribution in [1.29, 1.82) is 0 Å². The maximum atomic E-state index is 12.5. The second kappa shape index (κ2) is 7.91. The van der Waals surface area contributed by atoms with E-state index in [9.17, 15) is 9.59 Å². The standard InChI is InChI=1S/C19H22ClN3O3/c1-2-26-18(25)19(10-6-7-11-19)13-21-15-12-22-23(17(24)16(15)20)14-8-4-3-5-9-14/h3-5,8-9,12,21H,2,6-7,10-11,13H2,1H3. The quantitative estimate of drug-likeness (QED) is 0.783. The number of benzene rings is 1. The molecule has 1 aromatic heterocycles. The molecule has 0 bridgehead atoms. The smallest absolute Gasteiger partial charge is 0.313 e. The van der Waals surface area contributed by atoms with Crippen molar-refractivity contribution in [2.24, 2.45) is 5.41 Å². The maximum Gasteiger partial charge on any atom is 0.313 e. The van der Waals surface area contributed by atoms with Crippen molar-refractivity contribution in [3.63, 3.8) is 0 Å². The van der Waals surface area contributed by atoms with Crippen LogP contribution in [0.1, 0.15) is 32.6 Å². The Labute approximate surface area is 157 Å². The van der Waals surface area contributed by atoms with E-state index in [1.807, 2.05) is 18.2 Å². The Morgan fingerprint density at radius 1 is 1.31 bits per heavy atom. The molecule has 1 aromatic carbocycles. The van der Waals surface area contributed by atoms with Gasteiger partial charge in [-0.05, 0) is 31.9 Å². The topological polar surface area (TPSA) is 73.2 Å². The Kier molecular flexibility index (Phi) is 5.61. The zero-order chi connectivity index (χ0) is 18.6. The van der Waals surface area contributed by atoms with Crippen LogP contribution in [-0.4, -0.2) is 28.9 Å². The van der Waals surface area contributed by atoms with E-state index in [1.54, 1.807) is 19.1 Å². The second-order valence-corrected chi connectivity index (χ2v) is 6.86. The number of rotatable bonds is 6. The molecule has 2 aromatic rings. The van der Waals surface area contributed by atoms with Crippen LogP contribution in [0.4, 0.5) is 5.69 Å². The van der Waals surface area contributed by atoms with Crippen LogP contribution in [0.2, 0.25) is 5.02 Å². The normalized spacial score (nSPS) is 15.6. The number of anilines is 1. The van der Waals surface area contributed by atoms with Gasteiger partial charge in [0.25, 0.3) is 5.56 Å². The fourth-order valence-corrected chi connectivity index (χ4v) is 3.56. The van der Waals surface area contributed by atoms with Crippen molar-refractivity contribution < 1.29 is 9.53 Å². The summed E-state index contributed by atoms with van der Waals surface area (Å²) >= 11 is 6.27. The van der Waals surface area contributed by atoms with Gasteiger partial charge in [-0.1, -0.05) is 42.6 Å². The Balaban J connectivity index is 1.81. The minimum absolute atomic E-state index is 0.0564. The molecule has 1 fully saturated rings. The molecule has 7 heteroatoms. The first-order valence-corrected chi connectivity index (χ1v) is 9.19. The summed E-state index contributed by atoms with van der Waals surface area (Å²) in [6, 6.07) is 9.08. The molecule has 0 amide bonds. The number of aromatic nitrogens is 2. The van der Waals surface area contributed by atoms with E-state index in [0.717, 1.165) is 25.7 Å². The molecule has 26 heavy (non-hydrogen) atoms. The number of hydrogen-bond donors (Lipinski definition) is 1. The van der Waals surface area contributed by atoms with E-state index in [2.05, 4.69) is 10.4 Å². The van der Waals surface area contributed by atoms with E-state index in [0.29, 0.717) is 24.5 Å². The summed E-state index contributed by atoms with van der Waals surface area (Å²) in [5, 5.41) is 7.40. The van der Waals surface area contributed by atoms with Gasteiger partial charge in [0.15, 0.2) is 0 Å². The van der Waals surface area contributed by atoms with Crippen LogP contribution in [0.3, 0.4) is 0 Å². The van der Waals surface area contributed by atoms with Crippen molar-refractivity contribution in [1.82, 2.24) is 9.78 Å². The van der Waals surface area contributed by atoms with Gasteiger partial charge in [0.1, 0.15) is 5.02 Å². The molecule has 1 aliphatic rings. The van der Waals surface area contributed by atoms with Crippen LogP contribution in [0.5, 0.6) is 0 Å². The molecule has 0 radical (unpaired) electrons. The first-order valence-electron chi connectivity index (χ1n) is 8.82. The van der Waals surface area contributed by atoms with Gasteiger partial charge in [0.05, 0.1) is 29.6 Å². The van der Waals surface area contributed by atoms with Gasteiger partial charge < -0.3 is 10.1 Å². The molecule has 0 spiro atoms. The van der Waals surface area contributed by atoms with Crippen molar-refractivity contribution >= 4 is 23.3 Å². The van der Waals surface area contributed by atoms with Crippen molar-refractivity contribution in [2.45, 2.75) is 32.6 Å². The van der Waals surface area contributed by atoms with Gasteiger partial charge in [0.2, 0.25) is 0 Å². The third-order valence-electron chi connectivity index (χ3n) is 4.81. The van der Waals surface area contributed by atoms with Gasteiger partial charge in [-0.15, -0.1) is 0 Å². The zero-order valence-electron chi connectivity index (χ0n) is 14.7. The van der Waals surface area contributed by atoms with E-state index >= 15 is 0 Å². The highest BCUT2D eigenvalue weighted by Gasteiger charge is 2.42. The fraction of sp³-hybridized carbons (Fsp3) is 0.421. The molecule has 0 atom stereocenters. The van der Waals surface area contributed by atoms with Crippen molar-refractivity contribution in [3.8, 4) is 5.69 Å². The van der Waals surface area contributed by atoms with E-state index in [4.69, 9.17) is 16.3 Å². The Hall–Kier alpha value is -2.34. The highest BCUT2D eigenvalue weighted by Crippen LogP contribution is 2.39. The number of nitrogens with one attached hydrogen (secondary N) is 1. The van der Waals surface area contributed by atoms with Crippen LogP contribution in [0, 0.1) is 5.41 Å². The first kappa shape index (κ1) is 18.5. The summed E-state index contributed by atoms with van der Waals surface area (Å²) in [5.74, 6) is -0.188. The van der Waals surface area contributed by atoms with E-state index < -0.39 is 11.0 Å². The third kappa shape index (κ3) is 3.60. The average Bonchev–Trinajstić information content (AvgIpc) is 3.14. The number of ether oxygens (including phenoxy) is 1. The molecule has 1 heterocycles. The van der Waals surface area contributed by atoms with Gasteiger partial charge in [-0.3, -0.25) is 9.59 Å². The summed E-state index contributed by atoms with van der Waals surface area (Å²) in [7, 11) is 0. The number of carbonyl (C=O) groups excluding carboxylic acids is 1. The molecule has 1 saturated carbocycles. The lowest BCUT2D eigenvalue weighted by molar-refractivity contribution is -0.154. The number of nitrogens with zero attached hydrogens (tertiary/aromatic N) is 2. The molecule has 6 nitrogen and oxygen atoms in total. The molecule has 0 aliphatic heterocycles. The van der Waals surface area contributed by atoms with Crippen LogP contribution in [0.15, 0.2) is 41.3 Å². The average molecular weight is 376 g/mol. The number of halogens is 1. The maximum absolute atomic E-state index is 12.5. The predicted octanol–water partition coefficient (Wildman–Crippen LogP) is 3.42. The lowest BCUT2D eigenvalue weighted by Gasteiger charge is -2.27. The van der Waals surface area contributed by atoms with Crippen LogP contribution in [0.25, 0.3) is 5.69 Å². The Bertz CT molecular complexity index is 830. The lowest BCUT2D eigenvalue weighted by atomic mass is 9.86. The van der Waals surface area contributed by atoms with Crippen LogP contribution >= 0.6 is 11.6 Å². The van der Waals surface area contributed by atoms with E-state index in [1.165, 1.54) is 10.9 Å². The molecule has 1 aliphatic carbocycles. The highest BCUT2D eigenvalue weighted by molar-refractivity contribution is 6.32. The minimum atomic E-state index is -0.562. The van der Waals surface area contributed by atoms with Gasteiger partial charge in [0, 0.05) is 6.54 Å². The van der Waals surface area contributed by atoms with Crippen LogP contribution < -0.4 is 10.9 Å². The largest absolute Gasteiger partial charge is 0.466 e. The first-order chi connectivity index (χ1) is 12.6. The summed E-state index contributed by atoms with van der Waals surface area (Å²) in [5.41, 5.74) is 0.108. The van der Waals surface area contributed by atoms with E-state index in [-0.39, 0.29) is 11.0 Å². The Morgan fingerprint density at radius 3 is 2.65 bits per heavy atom. The third-order valence-corrected chi connectivity index (χ3v) is 5.17. The predicted molar refractivity (Wildman–Crippen MR) is 101 cm³/mol. The number of para-hydroxylation sites is 1. The molecule has 1 N–H and O–H groups in total. The SMILES string of the molecule is CCOC(=O)C1(CNc2cnn(-c3ccccc3)c(=O)c2Cl)CCCC1. The number of carbonyl (C=O) groups is 1. The molecular weight excluding hydrogens is 354 g/mol. The zero-order valence-corrected chi connectivity index (χ0v) is 15.5. The Morgan fingerprint density at radius 2 is 2.00 bits per heavy atom. The van der Waals surface area contributed by atoms with Gasteiger partial charge in [-0.25, -0.2) is 0 Å². The van der Waals surface area contributed by atoms with Gasteiger partial charge >= 0.3 is 5.97 Å². The minimum Gasteiger partial charge on any atom is -0.466 e. The molecule has 138 valence electrons. The van der Waals surface area contributed by atoms with Crippen molar-refractivity contribution in [3.05, 3.63) is 51.9 Å². The summed E-state index contributed by atoms with van der Waals surface area (Å²) < 4.78 is 6.51. The lowest BCUT2D eigenvalue weighted by Crippen LogP contribution is -2.37. The van der Waals surface area contributed by atoms with Gasteiger partial charge in [-0.2, -0.15) is 9.78 Å². The summed E-state index contributed by atoms with van der Waals surface area (Å²) in [6.07, 6.45) is 5.03. The number of hydrogen-bond acceptors (Lipinski definition) is 5. The second-order valence-electron chi connectivity index (χ2n) is 6.49. The summed E-state index contributed by atoms with van der Waals surface area (Å²) in [6.45, 7) is 2.54. The molecular formula is C19H22ClN3O3. The van der Waals surface area contributed by atoms with Crippen molar-refractivity contribution in [2.75, 3.05) is 18.5 Å². The fourth-order valence-electron chi connectivity index (χ4n) is 3.36. The highest BCUT2D eigenvalue weighted by atomic mass is 35.5. The monoisotopic (exact) mass is 375 g/mol. The number of esters is 1. The molecule has 0 unspecified atom stereocenters. The molecule has 3 rings (SSSR count).